The summed E-state index contributed by atoms with van der Waals surface area (Å²) in [6.07, 6.45) is 0. The number of phenols is 1. The Hall–Kier alpha value is -3.41. The third-order valence-corrected chi connectivity index (χ3v) is 5.87. The Balaban J connectivity index is 1.29. The van der Waals surface area contributed by atoms with Crippen LogP contribution in [0.5, 0.6) is 17.2 Å². The molecule has 0 aromatic heterocycles. The highest BCUT2D eigenvalue weighted by Crippen LogP contribution is 2.30. The van der Waals surface area contributed by atoms with Gasteiger partial charge in [-0.3, -0.25) is 0 Å². The van der Waals surface area contributed by atoms with Gasteiger partial charge in [-0.15, -0.1) is 0 Å². The van der Waals surface area contributed by atoms with Gasteiger partial charge in [0.05, 0.1) is 0 Å². The van der Waals surface area contributed by atoms with Crippen molar-refractivity contribution in [2.45, 2.75) is 29.5 Å². The lowest BCUT2D eigenvalue weighted by molar-refractivity contribution is 0.299. The molecule has 0 aliphatic heterocycles. The Labute approximate surface area is 192 Å². The van der Waals surface area contributed by atoms with Crippen molar-refractivity contribution >= 4 is 11.8 Å². The highest BCUT2D eigenvalue weighted by molar-refractivity contribution is 7.99. The van der Waals surface area contributed by atoms with Gasteiger partial charge in [0.25, 0.3) is 0 Å². The van der Waals surface area contributed by atoms with E-state index in [2.05, 4.69) is 12.1 Å². The third-order valence-electron chi connectivity index (χ3n) is 4.86. The van der Waals surface area contributed by atoms with Crippen LogP contribution in [0.25, 0.3) is 0 Å². The summed E-state index contributed by atoms with van der Waals surface area (Å²) in [5, 5.41) is 9.39. The summed E-state index contributed by atoms with van der Waals surface area (Å²) in [6.45, 7) is 1.52. The zero-order chi connectivity index (χ0) is 22.2. The lowest BCUT2D eigenvalue weighted by atomic mass is 10.1. The standard InChI is InChI=1S/C27H25NO3S/c28-17-20-4-8-24(9-5-20)30-18-21-2-1-3-22(16-21)19-31-25-10-14-27(15-11-25)32-26-12-6-23(29)7-13-26/h1-16,29H,17-19,28H2. The number of hydrogen-bond donors (Lipinski definition) is 2. The average Bonchev–Trinajstić information content (AvgIpc) is 2.84. The van der Waals surface area contributed by atoms with E-state index in [1.54, 1.807) is 23.9 Å². The molecule has 0 heterocycles. The van der Waals surface area contributed by atoms with Crippen LogP contribution in [-0.4, -0.2) is 5.11 Å². The van der Waals surface area contributed by atoms with Gasteiger partial charge in [0.2, 0.25) is 0 Å². The summed E-state index contributed by atoms with van der Waals surface area (Å²) in [4.78, 5) is 2.19. The van der Waals surface area contributed by atoms with Gasteiger partial charge in [-0.25, -0.2) is 0 Å². The first kappa shape index (κ1) is 21.8. The molecule has 0 unspecified atom stereocenters. The zero-order valence-corrected chi connectivity index (χ0v) is 18.4. The minimum atomic E-state index is 0.273. The van der Waals surface area contributed by atoms with Gasteiger partial charge in [0.1, 0.15) is 30.5 Å². The minimum absolute atomic E-state index is 0.273. The molecule has 4 nitrogen and oxygen atoms in total. The van der Waals surface area contributed by atoms with Gasteiger partial charge in [-0.05, 0) is 83.4 Å². The number of rotatable bonds is 9. The van der Waals surface area contributed by atoms with Crippen molar-refractivity contribution in [1.82, 2.24) is 0 Å². The molecule has 32 heavy (non-hydrogen) atoms. The topological polar surface area (TPSA) is 64.7 Å². The Kier molecular flexibility index (Phi) is 7.33. The fourth-order valence-electron chi connectivity index (χ4n) is 3.12. The van der Waals surface area contributed by atoms with E-state index in [-0.39, 0.29) is 5.75 Å². The van der Waals surface area contributed by atoms with Crippen LogP contribution in [0, 0.1) is 0 Å². The Morgan fingerprint density at radius 3 is 1.66 bits per heavy atom. The van der Waals surface area contributed by atoms with Gasteiger partial charge in [0, 0.05) is 16.3 Å². The van der Waals surface area contributed by atoms with E-state index in [1.807, 2.05) is 72.8 Å². The molecule has 3 N–H and O–H groups in total. The van der Waals surface area contributed by atoms with E-state index in [9.17, 15) is 5.11 Å². The SMILES string of the molecule is NCc1ccc(OCc2cccc(COc3ccc(Sc4ccc(O)cc4)cc3)c2)cc1. The minimum Gasteiger partial charge on any atom is -0.508 e. The summed E-state index contributed by atoms with van der Waals surface area (Å²) >= 11 is 1.64. The number of aromatic hydroxyl groups is 1. The summed E-state index contributed by atoms with van der Waals surface area (Å²) in [6, 6.07) is 31.3. The zero-order valence-electron chi connectivity index (χ0n) is 17.6. The van der Waals surface area contributed by atoms with Gasteiger partial charge in [-0.1, -0.05) is 42.1 Å². The number of ether oxygens (including phenoxy) is 2. The fraction of sp³-hybridized carbons (Fsp3) is 0.111. The number of hydrogen-bond acceptors (Lipinski definition) is 5. The maximum Gasteiger partial charge on any atom is 0.119 e. The summed E-state index contributed by atoms with van der Waals surface area (Å²) < 4.78 is 11.8. The van der Waals surface area contributed by atoms with E-state index in [0.29, 0.717) is 19.8 Å². The summed E-state index contributed by atoms with van der Waals surface area (Å²) in [7, 11) is 0. The molecule has 0 saturated carbocycles. The van der Waals surface area contributed by atoms with Crippen molar-refractivity contribution in [3.05, 3.63) is 114 Å². The van der Waals surface area contributed by atoms with E-state index < -0.39 is 0 Å². The van der Waals surface area contributed by atoms with Crippen molar-refractivity contribution in [3.8, 4) is 17.2 Å². The highest BCUT2D eigenvalue weighted by atomic mass is 32.2. The van der Waals surface area contributed by atoms with Crippen molar-refractivity contribution < 1.29 is 14.6 Å². The van der Waals surface area contributed by atoms with E-state index in [1.165, 1.54) is 0 Å². The molecule has 0 aliphatic carbocycles. The number of nitrogens with two attached hydrogens (primary N) is 1. The Morgan fingerprint density at radius 1 is 0.625 bits per heavy atom. The molecule has 0 aliphatic rings. The van der Waals surface area contributed by atoms with E-state index in [4.69, 9.17) is 15.2 Å². The summed E-state index contributed by atoms with van der Waals surface area (Å²) in [5.41, 5.74) is 8.90. The van der Waals surface area contributed by atoms with Crippen molar-refractivity contribution in [2.75, 3.05) is 0 Å². The number of benzene rings is 4. The lowest BCUT2D eigenvalue weighted by Gasteiger charge is -2.10. The van der Waals surface area contributed by atoms with Crippen LogP contribution in [-0.2, 0) is 19.8 Å². The summed E-state index contributed by atoms with van der Waals surface area (Å²) in [5.74, 6) is 1.92. The molecule has 5 heteroatoms. The maximum atomic E-state index is 9.39. The molecule has 0 radical (unpaired) electrons. The van der Waals surface area contributed by atoms with Crippen LogP contribution < -0.4 is 15.2 Å². The maximum absolute atomic E-state index is 9.39. The Morgan fingerprint density at radius 2 is 1.12 bits per heavy atom. The van der Waals surface area contributed by atoms with E-state index >= 15 is 0 Å². The molecule has 4 aromatic carbocycles. The average molecular weight is 444 g/mol. The molecule has 0 fully saturated rings. The number of phenolic OH excluding ortho intramolecular Hbond substituents is 1. The first-order chi connectivity index (χ1) is 15.7. The predicted octanol–water partition coefficient (Wildman–Crippen LogP) is 6.16. The second-order valence-corrected chi connectivity index (χ2v) is 8.46. The molecule has 0 atom stereocenters. The molecule has 4 rings (SSSR count). The van der Waals surface area contributed by atoms with Crippen LogP contribution in [0.15, 0.2) is 107 Å². The van der Waals surface area contributed by atoms with E-state index in [0.717, 1.165) is 38.0 Å². The van der Waals surface area contributed by atoms with Crippen molar-refractivity contribution in [2.24, 2.45) is 5.73 Å². The molecule has 0 bridgehead atoms. The van der Waals surface area contributed by atoms with Crippen LogP contribution in [0.1, 0.15) is 16.7 Å². The van der Waals surface area contributed by atoms with Gasteiger partial charge >= 0.3 is 0 Å². The van der Waals surface area contributed by atoms with Crippen molar-refractivity contribution in [1.29, 1.82) is 0 Å². The first-order valence-electron chi connectivity index (χ1n) is 10.4. The molecular formula is C27H25NO3S. The second-order valence-electron chi connectivity index (χ2n) is 7.31. The second kappa shape index (κ2) is 10.8. The largest absolute Gasteiger partial charge is 0.508 e. The highest BCUT2D eigenvalue weighted by Gasteiger charge is 2.02. The third kappa shape index (κ3) is 6.30. The predicted molar refractivity (Wildman–Crippen MR) is 128 cm³/mol. The quantitative estimate of drug-likeness (QED) is 0.324. The first-order valence-corrected chi connectivity index (χ1v) is 11.2. The van der Waals surface area contributed by atoms with Gasteiger partial charge in [0.15, 0.2) is 0 Å². The normalized spacial score (nSPS) is 10.7. The smallest absolute Gasteiger partial charge is 0.119 e. The molecule has 0 saturated heterocycles. The molecular weight excluding hydrogens is 418 g/mol. The fourth-order valence-corrected chi connectivity index (χ4v) is 3.93. The molecule has 0 amide bonds. The molecule has 4 aromatic rings. The van der Waals surface area contributed by atoms with Crippen LogP contribution in [0.4, 0.5) is 0 Å². The van der Waals surface area contributed by atoms with Crippen molar-refractivity contribution in [3.63, 3.8) is 0 Å². The van der Waals surface area contributed by atoms with Gasteiger partial charge in [-0.2, -0.15) is 0 Å². The lowest BCUT2D eigenvalue weighted by Crippen LogP contribution is -2.00. The monoisotopic (exact) mass is 443 g/mol. The van der Waals surface area contributed by atoms with Crippen LogP contribution >= 0.6 is 11.8 Å². The van der Waals surface area contributed by atoms with Crippen LogP contribution in [0.3, 0.4) is 0 Å². The Bertz CT molecular complexity index is 1130. The molecule has 162 valence electrons. The molecule has 0 spiro atoms. The van der Waals surface area contributed by atoms with Crippen LogP contribution in [0.2, 0.25) is 0 Å². The van der Waals surface area contributed by atoms with Gasteiger partial charge < -0.3 is 20.3 Å².